The molecule has 3 aliphatic heterocycles. The second-order valence-corrected chi connectivity index (χ2v) is 12.0. The third kappa shape index (κ3) is 7.06. The quantitative estimate of drug-likeness (QED) is 0.542. The van der Waals surface area contributed by atoms with Gasteiger partial charge in [0.05, 0.1) is 13.2 Å². The molecular formula is C31H44N4O3. The van der Waals surface area contributed by atoms with Crippen LogP contribution in [0.2, 0.25) is 0 Å². The monoisotopic (exact) mass is 520 g/mol. The van der Waals surface area contributed by atoms with E-state index in [1.54, 1.807) is 6.20 Å². The molecule has 2 aromatic rings. The van der Waals surface area contributed by atoms with E-state index in [0.29, 0.717) is 37.4 Å². The maximum Gasteiger partial charge on any atom is 0.237 e. The number of aromatic nitrogens is 1. The van der Waals surface area contributed by atoms with Crippen molar-refractivity contribution in [3.8, 4) is 17.4 Å². The highest BCUT2D eigenvalue weighted by Crippen LogP contribution is 2.35. The van der Waals surface area contributed by atoms with E-state index in [-0.39, 0.29) is 11.3 Å². The number of benzene rings is 1. The largest absolute Gasteiger partial charge is 0.489 e. The maximum atomic E-state index is 13.8. The lowest BCUT2D eigenvalue weighted by Crippen LogP contribution is -2.51. The fourth-order valence-corrected chi connectivity index (χ4v) is 6.04. The van der Waals surface area contributed by atoms with Gasteiger partial charge >= 0.3 is 0 Å². The predicted octanol–water partition coefficient (Wildman–Crippen LogP) is 5.35. The summed E-state index contributed by atoms with van der Waals surface area (Å²) < 4.78 is 12.6. The van der Waals surface area contributed by atoms with Gasteiger partial charge in [-0.1, -0.05) is 32.0 Å². The first-order valence-electron chi connectivity index (χ1n) is 14.5. The number of rotatable bonds is 4. The Labute approximate surface area is 228 Å². The van der Waals surface area contributed by atoms with Crippen molar-refractivity contribution in [3.05, 3.63) is 48.2 Å². The van der Waals surface area contributed by atoms with Gasteiger partial charge in [-0.2, -0.15) is 0 Å². The number of pyridine rings is 1. The van der Waals surface area contributed by atoms with E-state index in [2.05, 4.69) is 39.6 Å². The van der Waals surface area contributed by atoms with Crippen LogP contribution in [0.25, 0.3) is 0 Å². The molecule has 4 heterocycles. The van der Waals surface area contributed by atoms with Crippen molar-refractivity contribution in [2.75, 3.05) is 45.9 Å². The molecule has 1 unspecified atom stereocenters. The number of carbonyl (C=O) groups excluding carboxylic acids is 1. The first-order chi connectivity index (χ1) is 18.5. The molecule has 0 spiro atoms. The van der Waals surface area contributed by atoms with Crippen LogP contribution in [0.15, 0.2) is 42.6 Å². The summed E-state index contributed by atoms with van der Waals surface area (Å²) in [5.41, 5.74) is 0.996. The molecule has 206 valence electrons. The average molecular weight is 521 g/mol. The first-order valence-corrected chi connectivity index (χ1v) is 14.5. The molecule has 1 aromatic carbocycles. The molecule has 7 nitrogen and oxygen atoms in total. The Bertz CT molecular complexity index is 1070. The summed E-state index contributed by atoms with van der Waals surface area (Å²) in [5.74, 6) is 2.24. The van der Waals surface area contributed by atoms with Gasteiger partial charge in [-0.05, 0) is 88.2 Å². The first kappa shape index (κ1) is 26.9. The van der Waals surface area contributed by atoms with Gasteiger partial charge in [-0.25, -0.2) is 4.98 Å². The summed E-state index contributed by atoms with van der Waals surface area (Å²) in [5, 5.41) is 0. The Hall–Kier alpha value is -2.64. The van der Waals surface area contributed by atoms with E-state index < -0.39 is 0 Å². The smallest absolute Gasteiger partial charge is 0.237 e. The second-order valence-electron chi connectivity index (χ2n) is 12.0. The van der Waals surface area contributed by atoms with E-state index in [1.807, 2.05) is 30.3 Å². The van der Waals surface area contributed by atoms with Crippen LogP contribution in [0, 0.1) is 5.41 Å². The number of likely N-dealkylation sites (tertiary alicyclic amines) is 2. The van der Waals surface area contributed by atoms with Gasteiger partial charge in [0.15, 0.2) is 11.5 Å². The lowest BCUT2D eigenvalue weighted by atomic mass is 9.88. The Morgan fingerprint density at radius 2 is 1.71 bits per heavy atom. The normalized spacial score (nSPS) is 23.1. The molecule has 2 fully saturated rings. The maximum absolute atomic E-state index is 13.8. The molecule has 7 heteroatoms. The van der Waals surface area contributed by atoms with Crippen LogP contribution in [0.1, 0.15) is 64.4 Å². The summed E-state index contributed by atoms with van der Waals surface area (Å²) in [4.78, 5) is 25.4. The molecule has 1 aromatic heterocycles. The van der Waals surface area contributed by atoms with E-state index >= 15 is 0 Å². The third-order valence-electron chi connectivity index (χ3n) is 8.22. The van der Waals surface area contributed by atoms with Crippen molar-refractivity contribution in [3.63, 3.8) is 0 Å². The van der Waals surface area contributed by atoms with Gasteiger partial charge in [0, 0.05) is 37.4 Å². The van der Waals surface area contributed by atoms with Crippen molar-refractivity contribution >= 4 is 5.91 Å². The van der Waals surface area contributed by atoms with Crippen LogP contribution >= 0.6 is 0 Å². The summed E-state index contributed by atoms with van der Waals surface area (Å²) in [7, 11) is 0. The molecule has 0 saturated carbocycles. The fraction of sp³-hybridized carbons (Fsp3) is 0.613. The molecule has 0 bridgehead atoms. The molecule has 0 N–H and O–H groups in total. The number of hydrogen-bond donors (Lipinski definition) is 0. The molecule has 1 amide bonds. The lowest BCUT2D eigenvalue weighted by Gasteiger charge is -2.39. The lowest BCUT2D eigenvalue weighted by molar-refractivity contribution is -0.136. The van der Waals surface area contributed by atoms with Crippen LogP contribution in [0.4, 0.5) is 0 Å². The minimum absolute atomic E-state index is 0.00956. The number of carbonyl (C=O) groups is 1. The van der Waals surface area contributed by atoms with Crippen molar-refractivity contribution in [1.82, 2.24) is 19.7 Å². The van der Waals surface area contributed by atoms with Gasteiger partial charge in [-0.3, -0.25) is 9.69 Å². The number of nitrogens with zero attached hydrogens (tertiary/aromatic N) is 4. The predicted molar refractivity (Wildman–Crippen MR) is 150 cm³/mol. The zero-order chi connectivity index (χ0) is 26.4. The highest BCUT2D eigenvalue weighted by Gasteiger charge is 2.30. The van der Waals surface area contributed by atoms with Crippen molar-refractivity contribution in [1.29, 1.82) is 0 Å². The van der Waals surface area contributed by atoms with Crippen LogP contribution in [-0.4, -0.2) is 77.5 Å². The highest BCUT2D eigenvalue weighted by molar-refractivity contribution is 5.78. The SMILES string of the molecule is CC1(C)CCCN(CC(=O)N2CCCCC2CN2CCCC2)Cc2cccnc2Oc2ccccc2OC1. The Balaban J connectivity index is 1.35. The van der Waals surface area contributed by atoms with Gasteiger partial charge in [0.2, 0.25) is 11.8 Å². The van der Waals surface area contributed by atoms with Crippen molar-refractivity contribution in [2.45, 2.75) is 71.4 Å². The molecule has 2 saturated heterocycles. The van der Waals surface area contributed by atoms with Crippen LogP contribution in [0.5, 0.6) is 17.4 Å². The third-order valence-corrected chi connectivity index (χ3v) is 8.22. The average Bonchev–Trinajstić information content (AvgIpc) is 3.42. The second kappa shape index (κ2) is 12.5. The number of fused-ring (bicyclic) bond motifs is 2. The molecule has 0 aliphatic carbocycles. The number of piperidine rings is 1. The number of ether oxygens (including phenoxy) is 2. The molecule has 0 radical (unpaired) electrons. The van der Waals surface area contributed by atoms with Crippen LogP contribution in [-0.2, 0) is 11.3 Å². The Morgan fingerprint density at radius 3 is 2.55 bits per heavy atom. The van der Waals surface area contributed by atoms with E-state index in [1.165, 1.54) is 32.4 Å². The van der Waals surface area contributed by atoms with E-state index in [4.69, 9.17) is 9.47 Å². The van der Waals surface area contributed by atoms with E-state index in [0.717, 1.165) is 56.6 Å². The highest BCUT2D eigenvalue weighted by atomic mass is 16.5. The summed E-state index contributed by atoms with van der Waals surface area (Å²) in [6.45, 7) is 11.3. The minimum Gasteiger partial charge on any atom is -0.489 e. The van der Waals surface area contributed by atoms with Crippen molar-refractivity contribution < 1.29 is 14.3 Å². The minimum atomic E-state index is 0.00956. The summed E-state index contributed by atoms with van der Waals surface area (Å²) in [6, 6.07) is 12.2. The van der Waals surface area contributed by atoms with Crippen LogP contribution < -0.4 is 9.47 Å². The zero-order valence-electron chi connectivity index (χ0n) is 23.2. The molecular weight excluding hydrogens is 476 g/mol. The summed E-state index contributed by atoms with van der Waals surface area (Å²) in [6.07, 6.45) is 9.80. The van der Waals surface area contributed by atoms with Gasteiger partial charge < -0.3 is 19.3 Å². The van der Waals surface area contributed by atoms with Gasteiger partial charge in [0.25, 0.3) is 0 Å². The molecule has 5 rings (SSSR count). The number of amides is 1. The topological polar surface area (TPSA) is 58.1 Å². The number of hydrogen-bond acceptors (Lipinski definition) is 6. The zero-order valence-corrected chi connectivity index (χ0v) is 23.2. The van der Waals surface area contributed by atoms with Crippen molar-refractivity contribution in [2.24, 2.45) is 5.41 Å². The van der Waals surface area contributed by atoms with Gasteiger partial charge in [-0.15, -0.1) is 0 Å². The molecule has 3 aliphatic rings. The summed E-state index contributed by atoms with van der Waals surface area (Å²) >= 11 is 0. The van der Waals surface area contributed by atoms with Crippen LogP contribution in [0.3, 0.4) is 0 Å². The molecule has 1 atom stereocenters. The van der Waals surface area contributed by atoms with E-state index in [9.17, 15) is 4.79 Å². The molecule has 38 heavy (non-hydrogen) atoms. The standard InChI is InChI=1S/C31H44N4O3/c1-31(2)15-10-19-34(23-29(36)35-20-6-5-12-26(35)22-33-17-7-8-18-33)21-25-11-9-16-32-30(25)38-28-14-4-3-13-27(28)37-24-31/h3-4,9,11,13-14,16,26H,5-8,10,12,15,17-24H2,1-2H3. The Morgan fingerprint density at radius 1 is 0.947 bits per heavy atom. The number of para-hydroxylation sites is 2. The fourth-order valence-electron chi connectivity index (χ4n) is 6.04. The Kier molecular flexibility index (Phi) is 8.85. The van der Waals surface area contributed by atoms with Gasteiger partial charge in [0.1, 0.15) is 0 Å².